The lowest BCUT2D eigenvalue weighted by Crippen LogP contribution is -2.56. The molecular formula is C41H54ClF3N4O6. The number of hydrogen-bond acceptors (Lipinski definition) is 7. The summed E-state index contributed by atoms with van der Waals surface area (Å²) in [7, 11) is 1.44. The van der Waals surface area contributed by atoms with Crippen LogP contribution >= 0.6 is 11.6 Å². The minimum absolute atomic E-state index is 0.0161. The van der Waals surface area contributed by atoms with Crippen LogP contribution in [0.25, 0.3) is 0 Å². The van der Waals surface area contributed by atoms with Crippen LogP contribution in [0.2, 0.25) is 5.02 Å². The molecule has 0 heterocycles. The Labute approximate surface area is 326 Å². The second kappa shape index (κ2) is 20.1. The van der Waals surface area contributed by atoms with Crippen LogP contribution < -0.4 is 26.0 Å². The molecule has 0 aliphatic heterocycles. The van der Waals surface area contributed by atoms with E-state index in [1.54, 1.807) is 24.3 Å². The molecule has 3 rings (SSSR count). The van der Waals surface area contributed by atoms with Crippen LogP contribution in [0.3, 0.4) is 0 Å². The fourth-order valence-electron chi connectivity index (χ4n) is 5.87. The highest BCUT2D eigenvalue weighted by atomic mass is 35.5. The maximum Gasteiger partial charge on any atom is 0.416 e. The van der Waals surface area contributed by atoms with Crippen LogP contribution in [0.4, 0.5) is 13.2 Å². The minimum Gasteiger partial charge on any atom is -0.497 e. The van der Waals surface area contributed by atoms with Crippen LogP contribution in [0.5, 0.6) is 5.75 Å². The maximum atomic E-state index is 14.3. The first-order valence-corrected chi connectivity index (χ1v) is 18.6. The highest BCUT2D eigenvalue weighted by molar-refractivity contribution is 6.30. The molecule has 0 saturated carbocycles. The number of benzene rings is 3. The van der Waals surface area contributed by atoms with Gasteiger partial charge < -0.3 is 30.5 Å². The first-order chi connectivity index (χ1) is 25.7. The molecule has 3 amide bonds. The number of methoxy groups -OCH3 is 1. The summed E-state index contributed by atoms with van der Waals surface area (Å²) in [5, 5.41) is 21.7. The van der Waals surface area contributed by atoms with Gasteiger partial charge in [0.05, 0.1) is 31.4 Å². The molecule has 10 nitrogen and oxygen atoms in total. The molecule has 0 aliphatic carbocycles. The van der Waals surface area contributed by atoms with Crippen molar-refractivity contribution in [3.05, 3.63) is 100 Å². The summed E-state index contributed by atoms with van der Waals surface area (Å²) < 4.78 is 51.8. The van der Waals surface area contributed by atoms with Crippen LogP contribution in [-0.2, 0) is 32.1 Å². The van der Waals surface area contributed by atoms with E-state index in [9.17, 15) is 32.7 Å². The van der Waals surface area contributed by atoms with Crippen molar-refractivity contribution in [3.8, 4) is 5.75 Å². The van der Waals surface area contributed by atoms with Gasteiger partial charge in [-0.1, -0.05) is 87.8 Å². The monoisotopic (exact) mass is 790 g/mol. The predicted octanol–water partition coefficient (Wildman–Crippen LogP) is 6.60. The van der Waals surface area contributed by atoms with Crippen molar-refractivity contribution in [1.29, 1.82) is 0 Å². The van der Waals surface area contributed by atoms with E-state index >= 15 is 0 Å². The molecule has 5 N–H and O–H groups in total. The number of aliphatic hydroxyl groups excluding tert-OH is 1. The average molecular weight is 791 g/mol. The van der Waals surface area contributed by atoms with Gasteiger partial charge in [-0.05, 0) is 79.1 Å². The zero-order chi connectivity index (χ0) is 41.1. The number of hydrogen-bond donors (Lipinski definition) is 5. The maximum absolute atomic E-state index is 14.3. The lowest BCUT2D eigenvalue weighted by molar-refractivity contribution is -0.215. The third-order valence-corrected chi connectivity index (χ3v) is 9.16. The van der Waals surface area contributed by atoms with Gasteiger partial charge in [-0.3, -0.25) is 19.7 Å². The van der Waals surface area contributed by atoms with Crippen molar-refractivity contribution in [3.63, 3.8) is 0 Å². The molecule has 0 aliphatic rings. The second-order valence-electron chi connectivity index (χ2n) is 15.2. The van der Waals surface area contributed by atoms with Crippen molar-refractivity contribution in [2.45, 2.75) is 103 Å². The Morgan fingerprint density at radius 2 is 1.31 bits per heavy atom. The van der Waals surface area contributed by atoms with E-state index < -0.39 is 60.0 Å². The van der Waals surface area contributed by atoms with E-state index in [2.05, 4.69) is 21.3 Å². The van der Waals surface area contributed by atoms with E-state index in [1.807, 2.05) is 58.9 Å². The summed E-state index contributed by atoms with van der Waals surface area (Å²) in [5.74, 6) is -3.45. The molecule has 14 heteroatoms. The minimum atomic E-state index is -5.01. The van der Waals surface area contributed by atoms with Gasteiger partial charge in [-0.25, -0.2) is 0 Å². The van der Waals surface area contributed by atoms with Gasteiger partial charge in [-0.2, -0.15) is 13.2 Å². The van der Waals surface area contributed by atoms with Crippen molar-refractivity contribution in [1.82, 2.24) is 21.3 Å². The normalized spacial score (nSPS) is 14.8. The molecule has 0 fully saturated rings. The molecular weight excluding hydrogens is 737 g/mol. The summed E-state index contributed by atoms with van der Waals surface area (Å²) >= 11 is 6.11. The predicted molar refractivity (Wildman–Crippen MR) is 206 cm³/mol. The Morgan fingerprint density at radius 3 is 1.82 bits per heavy atom. The highest BCUT2D eigenvalue weighted by Gasteiger charge is 2.46. The lowest BCUT2D eigenvalue weighted by Gasteiger charge is -2.31. The number of nitrogens with one attached hydrogen (secondary N) is 4. The van der Waals surface area contributed by atoms with Gasteiger partial charge in [0.2, 0.25) is 17.7 Å². The first kappa shape index (κ1) is 45.2. The van der Waals surface area contributed by atoms with Crippen molar-refractivity contribution in [2.75, 3.05) is 13.8 Å². The quantitative estimate of drug-likeness (QED) is 0.0724. The van der Waals surface area contributed by atoms with Gasteiger partial charge in [0.1, 0.15) is 17.8 Å². The van der Waals surface area contributed by atoms with Gasteiger partial charge in [0.15, 0.2) is 6.10 Å². The van der Waals surface area contributed by atoms with Crippen LogP contribution in [0.15, 0.2) is 72.8 Å². The zero-order valence-electron chi connectivity index (χ0n) is 32.6. The molecule has 5 atom stereocenters. The van der Waals surface area contributed by atoms with Gasteiger partial charge >= 0.3 is 6.18 Å². The average Bonchev–Trinajstić information content (AvgIpc) is 3.11. The zero-order valence-corrected chi connectivity index (χ0v) is 33.3. The van der Waals surface area contributed by atoms with Crippen molar-refractivity contribution >= 4 is 29.3 Å². The Kier molecular flexibility index (Phi) is 16.5. The molecule has 3 aromatic carbocycles. The van der Waals surface area contributed by atoms with Crippen LogP contribution in [0, 0.1) is 11.8 Å². The van der Waals surface area contributed by atoms with E-state index in [0.717, 1.165) is 5.56 Å². The lowest BCUT2D eigenvalue weighted by atomic mass is 9.87. The first-order valence-electron chi connectivity index (χ1n) is 18.2. The summed E-state index contributed by atoms with van der Waals surface area (Å²) in [4.78, 5) is 42.2. The van der Waals surface area contributed by atoms with Crippen molar-refractivity contribution < 1.29 is 42.1 Å². The third kappa shape index (κ3) is 14.1. The molecule has 0 spiro atoms. The fraction of sp³-hybridized carbons (Fsp3) is 0.488. The number of aliphatic hydroxyl groups is 1. The SMILES string of the molecule is COc1ccc([C@H](NC(=O)[C@H](Cc2ccc(CNCOC(C)(C)C)cc2)NC(=O)[C@@H](c2ccc(Cl)cc2)C(C)C)C(=O)N[C@@H](C(C)C)[C@H](O)C(F)(F)F)cc1. The molecule has 302 valence electrons. The Morgan fingerprint density at radius 1 is 0.745 bits per heavy atom. The largest absolute Gasteiger partial charge is 0.497 e. The summed E-state index contributed by atoms with van der Waals surface area (Å²) in [6.07, 6.45) is -7.86. The smallest absolute Gasteiger partial charge is 0.416 e. The van der Waals surface area contributed by atoms with Gasteiger partial charge in [0.25, 0.3) is 0 Å². The fourth-order valence-corrected chi connectivity index (χ4v) is 6.00. The number of rotatable bonds is 18. The van der Waals surface area contributed by atoms with E-state index in [4.69, 9.17) is 21.1 Å². The summed E-state index contributed by atoms with van der Waals surface area (Å²) in [6, 6.07) is 15.9. The number of amides is 3. The van der Waals surface area contributed by atoms with E-state index in [0.29, 0.717) is 35.2 Å². The Hall–Kier alpha value is -4.17. The Bertz CT molecular complexity index is 1680. The molecule has 55 heavy (non-hydrogen) atoms. The molecule has 0 aromatic heterocycles. The number of carbonyl (C=O) groups excluding carboxylic acids is 3. The number of alkyl halides is 3. The highest BCUT2D eigenvalue weighted by Crippen LogP contribution is 2.28. The molecule has 0 saturated heterocycles. The topological polar surface area (TPSA) is 138 Å². The molecule has 0 bridgehead atoms. The van der Waals surface area contributed by atoms with Crippen LogP contribution in [-0.4, -0.2) is 66.6 Å². The van der Waals surface area contributed by atoms with Gasteiger partial charge in [0, 0.05) is 18.0 Å². The van der Waals surface area contributed by atoms with Gasteiger partial charge in [-0.15, -0.1) is 0 Å². The van der Waals surface area contributed by atoms with Crippen molar-refractivity contribution in [2.24, 2.45) is 11.8 Å². The summed E-state index contributed by atoms with van der Waals surface area (Å²) in [5.41, 5.74) is 2.26. The summed E-state index contributed by atoms with van der Waals surface area (Å²) in [6.45, 7) is 13.3. The van der Waals surface area contributed by atoms with E-state index in [1.165, 1.54) is 45.2 Å². The molecule has 3 aromatic rings. The van der Waals surface area contributed by atoms with E-state index in [-0.39, 0.29) is 23.5 Å². The standard InChI is InChI=1S/C41H54ClF3N4O6/c1-24(2)33(28-13-17-30(42)18-14-28)38(52)47-32(21-26-9-11-27(12-10-26)22-46-23-55-40(5,6)7)37(51)49-35(29-15-19-31(54-8)20-16-29)39(53)48-34(25(3)4)36(50)41(43,44)45/h9-20,24-25,32-36,46,50H,21-23H2,1-8H3,(H,47,52)(H,48,53)(H,49,51)/t32-,33+,34-,35-,36-/m0/s1. The number of ether oxygens (including phenoxy) is 2. The number of halogens is 4. The Balaban J connectivity index is 1.97. The second-order valence-corrected chi connectivity index (χ2v) is 15.6. The van der Waals surface area contributed by atoms with Crippen LogP contribution in [0.1, 0.15) is 82.7 Å². The number of carbonyl (C=O) groups is 3. The third-order valence-electron chi connectivity index (χ3n) is 8.91. The molecule has 0 radical (unpaired) electrons. The molecule has 0 unspecified atom stereocenters.